The van der Waals surface area contributed by atoms with E-state index in [4.69, 9.17) is 5.11 Å². The molecule has 0 radical (unpaired) electrons. The van der Waals surface area contributed by atoms with Crippen LogP contribution in [0.5, 0.6) is 0 Å². The van der Waals surface area contributed by atoms with Gasteiger partial charge in [-0.3, -0.25) is 13.8 Å². The number of hydrogen-bond acceptors (Lipinski definition) is 6. The van der Waals surface area contributed by atoms with Crippen molar-refractivity contribution in [3.63, 3.8) is 0 Å². The molecule has 0 saturated heterocycles. The minimum absolute atomic E-state index is 0.0259. The maximum absolute atomic E-state index is 13.3. The fourth-order valence-corrected chi connectivity index (χ4v) is 8.36. The van der Waals surface area contributed by atoms with Crippen molar-refractivity contribution in [1.29, 1.82) is 0 Å². The van der Waals surface area contributed by atoms with Crippen molar-refractivity contribution < 1.29 is 81.8 Å². The zero-order valence-corrected chi connectivity index (χ0v) is 35.8. The minimum Gasteiger partial charge on any atom is -0.392 e. The standard InChI is InChI=1S/C23H23F6NO3S.C22H21F6NO3/c1-34(2,33)18-9-6-15(7-10-18)13-20(31)30-12-4-3-5-16-14-17(8-11-19(16)30)21(32,22(24,25)26)23(27,28)29;23-21(24,25)20(32,22(26,27)28)17-8-9-18-16(12-17)3-1-2-10-29(18)19(31)11-14-4-6-15(13-30)7-5-14/h6-11,14,32H,1,3-5,12-13H2,2H3;4-9,12,30,32H,1-3,10-11,13H2. The lowest BCUT2D eigenvalue weighted by atomic mass is 9.89. The van der Waals surface area contributed by atoms with Gasteiger partial charge in [0.2, 0.25) is 11.8 Å². The van der Waals surface area contributed by atoms with E-state index in [0.717, 1.165) is 12.1 Å². The van der Waals surface area contributed by atoms with Gasteiger partial charge in [0.25, 0.3) is 11.2 Å². The third kappa shape index (κ3) is 10.8. The third-order valence-electron chi connectivity index (χ3n) is 11.3. The summed E-state index contributed by atoms with van der Waals surface area (Å²) in [5.74, 6) is 2.84. The number of amides is 2. The molecule has 0 fully saturated rings. The first-order valence-electron chi connectivity index (χ1n) is 20.1. The van der Waals surface area contributed by atoms with Gasteiger partial charge in [-0.25, -0.2) is 0 Å². The summed E-state index contributed by atoms with van der Waals surface area (Å²) >= 11 is 0. The zero-order valence-electron chi connectivity index (χ0n) is 35.0. The molecule has 2 aliphatic rings. The summed E-state index contributed by atoms with van der Waals surface area (Å²) < 4.78 is 171. The van der Waals surface area contributed by atoms with Crippen LogP contribution in [-0.4, -0.2) is 81.3 Å². The highest BCUT2D eigenvalue weighted by molar-refractivity contribution is 7.99. The summed E-state index contributed by atoms with van der Waals surface area (Å²) in [5.41, 5.74) is -10.1. The molecule has 0 spiro atoms. The lowest BCUT2D eigenvalue weighted by Gasteiger charge is -2.33. The first kappa shape index (κ1) is 51.9. The molecule has 8 nitrogen and oxygen atoms in total. The van der Waals surface area contributed by atoms with E-state index < -0.39 is 62.5 Å². The van der Waals surface area contributed by atoms with Crippen LogP contribution in [0.2, 0.25) is 0 Å². The molecule has 2 amide bonds. The Balaban J connectivity index is 0.000000248. The molecule has 66 heavy (non-hydrogen) atoms. The summed E-state index contributed by atoms with van der Waals surface area (Å²) in [6.07, 6.45) is -20.3. The van der Waals surface area contributed by atoms with Crippen molar-refractivity contribution in [3.05, 3.63) is 124 Å². The van der Waals surface area contributed by atoms with Crippen molar-refractivity contribution in [3.8, 4) is 0 Å². The van der Waals surface area contributed by atoms with Crippen LogP contribution in [0.4, 0.5) is 64.1 Å². The van der Waals surface area contributed by atoms with Gasteiger partial charge in [-0.1, -0.05) is 60.7 Å². The van der Waals surface area contributed by atoms with E-state index in [1.807, 2.05) is 0 Å². The summed E-state index contributed by atoms with van der Waals surface area (Å²) in [6.45, 7) is 0.356. The van der Waals surface area contributed by atoms with E-state index in [-0.39, 0.29) is 73.8 Å². The Labute approximate surface area is 371 Å². The highest BCUT2D eigenvalue weighted by Crippen LogP contribution is 2.52. The maximum atomic E-state index is 13.3. The molecule has 3 N–H and O–H groups in total. The smallest absolute Gasteiger partial charge is 0.392 e. The molecule has 360 valence electrons. The molecule has 0 aromatic heterocycles. The Morgan fingerprint density at radius 1 is 0.561 bits per heavy atom. The number of rotatable bonds is 8. The fraction of sp³-hybridized carbons (Fsp3) is 0.400. The van der Waals surface area contributed by atoms with Crippen LogP contribution in [0.1, 0.15) is 64.6 Å². The van der Waals surface area contributed by atoms with Gasteiger partial charge in [0.05, 0.1) is 19.4 Å². The summed E-state index contributed by atoms with van der Waals surface area (Å²) in [5, 5.41) is 28.5. The number of aliphatic hydroxyl groups excluding tert-OH is 1. The third-order valence-corrected chi connectivity index (χ3v) is 12.6. The lowest BCUT2D eigenvalue weighted by molar-refractivity contribution is -0.376. The van der Waals surface area contributed by atoms with Crippen molar-refractivity contribution in [2.24, 2.45) is 0 Å². The molecular formula is C45H44F12N2O6S. The highest BCUT2D eigenvalue weighted by atomic mass is 32.2. The van der Waals surface area contributed by atoms with Gasteiger partial charge in [-0.15, -0.1) is 0 Å². The Morgan fingerprint density at radius 3 is 1.21 bits per heavy atom. The van der Waals surface area contributed by atoms with Crippen LogP contribution in [0.25, 0.3) is 0 Å². The van der Waals surface area contributed by atoms with Gasteiger partial charge in [0, 0.05) is 46.7 Å². The van der Waals surface area contributed by atoms with E-state index in [9.17, 15) is 76.7 Å². The van der Waals surface area contributed by atoms with Gasteiger partial charge >= 0.3 is 24.7 Å². The highest BCUT2D eigenvalue weighted by Gasteiger charge is 2.72. The van der Waals surface area contributed by atoms with E-state index >= 15 is 0 Å². The number of fused-ring (bicyclic) bond motifs is 2. The molecule has 0 saturated carbocycles. The molecule has 1 atom stereocenters. The zero-order chi connectivity index (χ0) is 49.3. The Hall–Kier alpha value is -5.12. The average Bonchev–Trinajstić information content (AvgIpc) is 3.58. The van der Waals surface area contributed by atoms with Gasteiger partial charge in [-0.05, 0) is 106 Å². The molecule has 2 aliphatic heterocycles. The van der Waals surface area contributed by atoms with Crippen LogP contribution in [-0.2, 0) is 62.6 Å². The predicted molar refractivity (Wildman–Crippen MR) is 221 cm³/mol. The minimum atomic E-state index is -5.98. The van der Waals surface area contributed by atoms with Crippen molar-refractivity contribution in [2.45, 2.75) is 98.8 Å². The fourth-order valence-electron chi connectivity index (χ4n) is 7.65. The molecular weight excluding hydrogens is 925 g/mol. The Morgan fingerprint density at radius 2 is 0.894 bits per heavy atom. The number of halogens is 12. The topological polar surface area (TPSA) is 118 Å². The number of carbonyl (C=O) groups is 2. The Bertz CT molecular complexity index is 2460. The molecule has 0 aliphatic carbocycles. The number of carbonyl (C=O) groups excluding carboxylic acids is 2. The van der Waals surface area contributed by atoms with Crippen LogP contribution in [0, 0.1) is 0 Å². The van der Waals surface area contributed by atoms with E-state index in [2.05, 4.69) is 5.87 Å². The Kier molecular flexibility index (Phi) is 15.1. The van der Waals surface area contributed by atoms with Crippen molar-refractivity contribution in [2.75, 3.05) is 29.1 Å². The number of hydrogen-bond donors (Lipinski definition) is 3. The van der Waals surface area contributed by atoms with Crippen LogP contribution in [0.15, 0.2) is 89.8 Å². The maximum Gasteiger partial charge on any atom is 0.430 e. The molecule has 4 aromatic carbocycles. The molecule has 2 heterocycles. The normalized spacial score (nSPS) is 16.2. The summed E-state index contributed by atoms with van der Waals surface area (Å²) in [4.78, 5) is 29.1. The van der Waals surface area contributed by atoms with Crippen LogP contribution in [0.3, 0.4) is 0 Å². The number of alkyl halides is 12. The largest absolute Gasteiger partial charge is 0.430 e. The number of anilines is 2. The van der Waals surface area contributed by atoms with Crippen molar-refractivity contribution in [1.82, 2.24) is 0 Å². The lowest BCUT2D eigenvalue weighted by Crippen LogP contribution is -2.54. The first-order chi connectivity index (χ1) is 30.4. The number of benzene rings is 4. The van der Waals surface area contributed by atoms with Gasteiger partial charge < -0.3 is 25.1 Å². The van der Waals surface area contributed by atoms with E-state index in [1.165, 1.54) is 16.1 Å². The molecule has 4 aromatic rings. The van der Waals surface area contributed by atoms with Gasteiger partial charge in [0.1, 0.15) is 0 Å². The monoisotopic (exact) mass is 968 g/mol. The second kappa shape index (κ2) is 19.2. The van der Waals surface area contributed by atoms with Crippen molar-refractivity contribution >= 4 is 38.6 Å². The van der Waals surface area contributed by atoms with Crippen LogP contribution < -0.4 is 9.80 Å². The summed E-state index contributed by atoms with van der Waals surface area (Å²) in [6, 6.07) is 17.6. The second-order valence-electron chi connectivity index (χ2n) is 16.1. The van der Waals surface area contributed by atoms with Crippen LogP contribution >= 0.6 is 0 Å². The first-order valence-corrected chi connectivity index (χ1v) is 22.3. The SMILES string of the molecule is C=S(C)(=O)c1ccc(CC(=O)N2CCCCc3cc(C(O)(C(F)(F)F)C(F)(F)F)ccc32)cc1.O=C(Cc1ccc(CO)cc1)N1CCCCc2cc(C(O)(C(F)(F)F)C(F)(F)F)ccc21. The predicted octanol–water partition coefficient (Wildman–Crippen LogP) is 9.02. The quantitative estimate of drug-likeness (QED) is 0.120. The average molecular weight is 969 g/mol. The van der Waals surface area contributed by atoms with Gasteiger partial charge in [-0.2, -0.15) is 52.7 Å². The van der Waals surface area contributed by atoms with Gasteiger partial charge in [0.15, 0.2) is 0 Å². The van der Waals surface area contributed by atoms with E-state index in [1.54, 1.807) is 48.5 Å². The van der Waals surface area contributed by atoms with E-state index in [0.29, 0.717) is 71.5 Å². The molecule has 21 heteroatoms. The molecule has 1 unspecified atom stereocenters. The molecule has 6 rings (SSSR count). The number of nitrogens with zero attached hydrogens (tertiary/aromatic N) is 2. The second-order valence-corrected chi connectivity index (χ2v) is 18.6. The number of aliphatic hydroxyl groups is 3. The summed E-state index contributed by atoms with van der Waals surface area (Å²) in [7, 11) is -2.43. The number of aryl methyl sites for hydroxylation is 2. The molecule has 0 bridgehead atoms.